The molecule has 0 spiro atoms. The maximum absolute atomic E-state index is 5.70. The van der Waals surface area contributed by atoms with E-state index in [2.05, 4.69) is 32.8 Å². The minimum Gasteiger partial charge on any atom is -0.491 e. The molecule has 2 heterocycles. The van der Waals surface area contributed by atoms with Crippen LogP contribution < -0.4 is 10.1 Å². The van der Waals surface area contributed by atoms with Crippen molar-refractivity contribution in [3.05, 3.63) is 66.3 Å². The molecule has 26 heavy (non-hydrogen) atoms. The number of hydrogen-bond donors (Lipinski definition) is 1. The molecule has 4 rings (SSSR count). The highest BCUT2D eigenvalue weighted by atomic mass is 32.1. The lowest BCUT2D eigenvalue weighted by Gasteiger charge is -2.11. The van der Waals surface area contributed by atoms with Crippen LogP contribution in [0.3, 0.4) is 0 Å². The Morgan fingerprint density at radius 1 is 0.962 bits per heavy atom. The third-order valence-corrected chi connectivity index (χ3v) is 4.83. The van der Waals surface area contributed by atoms with E-state index in [9.17, 15) is 0 Å². The first kappa shape index (κ1) is 16.5. The first-order valence-electron chi connectivity index (χ1n) is 8.52. The van der Waals surface area contributed by atoms with Crippen LogP contribution in [0.15, 0.2) is 66.3 Å². The quantitative estimate of drug-likeness (QED) is 0.481. The van der Waals surface area contributed by atoms with E-state index < -0.39 is 0 Å². The fourth-order valence-electron chi connectivity index (χ4n) is 2.83. The van der Waals surface area contributed by atoms with Gasteiger partial charge in [-0.25, -0.2) is 9.97 Å². The molecule has 0 atom stereocenters. The number of ether oxygens (including phenoxy) is 1. The number of benzene rings is 2. The molecule has 0 bridgehead atoms. The molecule has 0 aliphatic carbocycles. The molecule has 0 saturated carbocycles. The van der Waals surface area contributed by atoms with Crippen molar-refractivity contribution in [2.75, 3.05) is 5.32 Å². The summed E-state index contributed by atoms with van der Waals surface area (Å²) < 4.78 is 5.70. The number of hydrogen-bond acceptors (Lipinski definition) is 5. The van der Waals surface area contributed by atoms with Gasteiger partial charge < -0.3 is 10.1 Å². The normalized spacial score (nSPS) is 11.0. The zero-order valence-corrected chi connectivity index (χ0v) is 15.5. The molecule has 1 N–H and O–H groups in total. The molecule has 0 saturated heterocycles. The zero-order valence-electron chi connectivity index (χ0n) is 14.6. The molecule has 0 aliphatic rings. The first-order chi connectivity index (χ1) is 12.7. The highest BCUT2D eigenvalue weighted by molar-refractivity contribution is 7.17. The van der Waals surface area contributed by atoms with Crippen LogP contribution in [0.25, 0.3) is 21.3 Å². The second-order valence-corrected chi connectivity index (χ2v) is 7.09. The minimum atomic E-state index is 0.162. The van der Waals surface area contributed by atoms with Crippen molar-refractivity contribution >= 4 is 33.1 Å². The number of fused-ring (bicyclic) bond motifs is 1. The molecule has 2 aromatic heterocycles. The summed E-state index contributed by atoms with van der Waals surface area (Å²) in [6, 6.07) is 18.3. The molecule has 2 aromatic carbocycles. The molecular weight excluding hydrogens is 342 g/mol. The third kappa shape index (κ3) is 3.39. The number of rotatable bonds is 5. The number of nitrogens with one attached hydrogen (secondary N) is 1. The lowest BCUT2D eigenvalue weighted by molar-refractivity contribution is 0.242. The van der Waals surface area contributed by atoms with Gasteiger partial charge in [0.2, 0.25) is 0 Å². The fraction of sp³-hybridized carbons (Fsp3) is 0.143. The summed E-state index contributed by atoms with van der Waals surface area (Å²) in [5, 5.41) is 6.61. The Morgan fingerprint density at radius 2 is 1.73 bits per heavy atom. The van der Waals surface area contributed by atoms with Crippen molar-refractivity contribution in [1.29, 1.82) is 0 Å². The predicted molar refractivity (Wildman–Crippen MR) is 108 cm³/mol. The van der Waals surface area contributed by atoms with Gasteiger partial charge in [0.05, 0.1) is 11.5 Å². The summed E-state index contributed by atoms with van der Waals surface area (Å²) in [6.45, 7) is 4.04. The molecule has 0 radical (unpaired) electrons. The molecular formula is C21H19N3OS. The smallest absolute Gasteiger partial charge is 0.143 e. The largest absolute Gasteiger partial charge is 0.491 e. The van der Waals surface area contributed by atoms with Crippen molar-refractivity contribution in [3.8, 4) is 16.9 Å². The molecule has 0 fully saturated rings. The van der Waals surface area contributed by atoms with Crippen LogP contribution in [0.5, 0.6) is 5.75 Å². The number of nitrogens with zero attached hydrogens (tertiary/aromatic N) is 2. The summed E-state index contributed by atoms with van der Waals surface area (Å²) in [5.74, 6) is 1.67. The molecule has 4 aromatic rings. The average molecular weight is 361 g/mol. The third-order valence-electron chi connectivity index (χ3n) is 3.94. The summed E-state index contributed by atoms with van der Waals surface area (Å²) in [4.78, 5) is 9.88. The van der Waals surface area contributed by atoms with E-state index in [0.717, 1.165) is 38.6 Å². The number of aromatic nitrogens is 2. The maximum Gasteiger partial charge on any atom is 0.143 e. The van der Waals surface area contributed by atoms with Crippen molar-refractivity contribution < 1.29 is 4.74 Å². The monoisotopic (exact) mass is 361 g/mol. The van der Waals surface area contributed by atoms with Gasteiger partial charge in [0.1, 0.15) is 22.7 Å². The second-order valence-electron chi connectivity index (χ2n) is 6.23. The van der Waals surface area contributed by atoms with Gasteiger partial charge in [-0.3, -0.25) is 0 Å². The molecule has 130 valence electrons. The van der Waals surface area contributed by atoms with Crippen LogP contribution in [0.4, 0.5) is 11.5 Å². The average Bonchev–Trinajstić information content (AvgIpc) is 3.09. The van der Waals surface area contributed by atoms with Gasteiger partial charge in [-0.1, -0.05) is 30.3 Å². The van der Waals surface area contributed by atoms with Crippen molar-refractivity contribution in [2.45, 2.75) is 20.0 Å². The zero-order chi connectivity index (χ0) is 17.9. The first-order valence-corrected chi connectivity index (χ1v) is 9.40. The highest BCUT2D eigenvalue weighted by Gasteiger charge is 2.13. The summed E-state index contributed by atoms with van der Waals surface area (Å²) in [7, 11) is 0. The number of anilines is 2. The van der Waals surface area contributed by atoms with Crippen LogP contribution in [0, 0.1) is 0 Å². The number of thiophene rings is 1. The van der Waals surface area contributed by atoms with Gasteiger partial charge in [-0.05, 0) is 43.7 Å². The molecule has 4 nitrogen and oxygen atoms in total. The predicted octanol–water partition coefficient (Wildman–Crippen LogP) is 5.89. The summed E-state index contributed by atoms with van der Waals surface area (Å²) in [6.07, 6.45) is 1.76. The van der Waals surface area contributed by atoms with E-state index in [1.807, 2.05) is 56.3 Å². The molecule has 0 amide bonds. The Balaban J connectivity index is 1.69. The minimum absolute atomic E-state index is 0.162. The van der Waals surface area contributed by atoms with E-state index in [4.69, 9.17) is 4.74 Å². The van der Waals surface area contributed by atoms with Crippen LogP contribution in [-0.4, -0.2) is 16.1 Å². The lowest BCUT2D eigenvalue weighted by atomic mass is 10.1. The van der Waals surface area contributed by atoms with Crippen molar-refractivity contribution in [2.24, 2.45) is 0 Å². The Labute approximate surface area is 156 Å². The second kappa shape index (κ2) is 7.14. The lowest BCUT2D eigenvalue weighted by Crippen LogP contribution is -2.05. The van der Waals surface area contributed by atoms with Gasteiger partial charge in [0.25, 0.3) is 0 Å². The van der Waals surface area contributed by atoms with Crippen LogP contribution >= 0.6 is 11.3 Å². The fourth-order valence-corrected chi connectivity index (χ4v) is 3.74. The topological polar surface area (TPSA) is 47.0 Å². The van der Waals surface area contributed by atoms with E-state index in [1.165, 1.54) is 0 Å². The summed E-state index contributed by atoms with van der Waals surface area (Å²) >= 11 is 1.63. The van der Waals surface area contributed by atoms with Gasteiger partial charge in [-0.2, -0.15) is 0 Å². The van der Waals surface area contributed by atoms with E-state index in [1.54, 1.807) is 17.7 Å². The van der Waals surface area contributed by atoms with Gasteiger partial charge in [0, 0.05) is 16.6 Å². The van der Waals surface area contributed by atoms with Crippen LogP contribution in [0.2, 0.25) is 0 Å². The van der Waals surface area contributed by atoms with Gasteiger partial charge in [-0.15, -0.1) is 11.3 Å². The van der Waals surface area contributed by atoms with Crippen molar-refractivity contribution in [1.82, 2.24) is 9.97 Å². The molecule has 0 aliphatic heterocycles. The van der Waals surface area contributed by atoms with E-state index in [-0.39, 0.29) is 6.10 Å². The Morgan fingerprint density at radius 3 is 2.46 bits per heavy atom. The SMILES string of the molecule is CC(C)Oc1ccc(Nc2ncnc3scc(-c4ccccc4)c23)cc1. The maximum atomic E-state index is 5.70. The van der Waals surface area contributed by atoms with Crippen molar-refractivity contribution in [3.63, 3.8) is 0 Å². The van der Waals surface area contributed by atoms with E-state index >= 15 is 0 Å². The van der Waals surface area contributed by atoms with E-state index in [0.29, 0.717) is 0 Å². The molecule has 0 unspecified atom stereocenters. The molecule has 5 heteroatoms. The van der Waals surface area contributed by atoms with Crippen LogP contribution in [0.1, 0.15) is 13.8 Å². The van der Waals surface area contributed by atoms with Gasteiger partial charge in [0.15, 0.2) is 0 Å². The standard InChI is InChI=1S/C21H19N3OS/c1-14(2)25-17-10-8-16(9-11-17)24-20-19-18(15-6-4-3-5-7-15)12-26-21(19)23-13-22-20/h3-14H,1-2H3,(H,22,23,24). The Hall–Kier alpha value is -2.92. The Kier molecular flexibility index (Phi) is 4.54. The summed E-state index contributed by atoms with van der Waals surface area (Å²) in [5.41, 5.74) is 3.28. The van der Waals surface area contributed by atoms with Gasteiger partial charge >= 0.3 is 0 Å². The van der Waals surface area contributed by atoms with Crippen LogP contribution in [-0.2, 0) is 0 Å². The Bertz CT molecular complexity index is 1010. The highest BCUT2D eigenvalue weighted by Crippen LogP contribution is 2.37.